The molecule has 0 aliphatic rings. The molecule has 0 bridgehead atoms. The predicted molar refractivity (Wildman–Crippen MR) is 53.8 cm³/mol. The largest absolute Gasteiger partial charge is 0.298 e. The van der Waals surface area contributed by atoms with Crippen molar-refractivity contribution in [1.29, 1.82) is 0 Å². The molecule has 0 radical (unpaired) electrons. The van der Waals surface area contributed by atoms with Crippen LogP contribution in [0.1, 0.15) is 12.5 Å². The van der Waals surface area contributed by atoms with Crippen molar-refractivity contribution in [3.63, 3.8) is 0 Å². The van der Waals surface area contributed by atoms with Crippen LogP contribution in [0, 0.1) is 5.82 Å². The normalized spacial score (nSPS) is 11.5. The molecule has 1 rings (SSSR count). The van der Waals surface area contributed by atoms with E-state index < -0.39 is 0 Å². The third-order valence-electron chi connectivity index (χ3n) is 1.53. The first-order valence-electron chi connectivity index (χ1n) is 3.72. The highest BCUT2D eigenvalue weighted by Crippen LogP contribution is 2.17. The molecule has 0 unspecified atom stereocenters. The van der Waals surface area contributed by atoms with Crippen LogP contribution in [0.2, 0.25) is 0 Å². The monoisotopic (exact) mass is 242 g/mol. The minimum atomic E-state index is -0.337. The topological polar surface area (TPSA) is 17.1 Å². The van der Waals surface area contributed by atoms with Gasteiger partial charge in [-0.15, -0.1) is 0 Å². The molecule has 0 saturated heterocycles. The van der Waals surface area contributed by atoms with E-state index in [1.807, 2.05) is 0 Å². The molecule has 0 saturated carbocycles. The van der Waals surface area contributed by atoms with Crippen molar-refractivity contribution in [2.45, 2.75) is 6.92 Å². The predicted octanol–water partition coefficient (Wildman–Crippen LogP) is 3.19. The smallest absolute Gasteiger partial charge is 0.145 e. The second kappa shape index (κ2) is 4.33. The van der Waals surface area contributed by atoms with Crippen molar-refractivity contribution in [3.8, 4) is 0 Å². The number of benzene rings is 1. The molecule has 0 amide bonds. The molecule has 68 valence electrons. The van der Waals surface area contributed by atoms with E-state index in [1.165, 1.54) is 12.1 Å². The Morgan fingerprint density at radius 3 is 2.77 bits per heavy atom. The van der Waals surface area contributed by atoms with E-state index in [9.17, 15) is 9.18 Å². The lowest BCUT2D eigenvalue weighted by Gasteiger charge is -1.97. The Morgan fingerprint density at radius 1 is 1.54 bits per heavy atom. The summed E-state index contributed by atoms with van der Waals surface area (Å²) in [4.78, 5) is 10.3. The quantitative estimate of drug-likeness (QED) is 0.575. The second-order valence-corrected chi connectivity index (χ2v) is 3.59. The van der Waals surface area contributed by atoms with Gasteiger partial charge in [0.05, 0.1) is 0 Å². The number of allylic oxidation sites excluding steroid dienone is 1. The Labute approximate surface area is 84.4 Å². The first kappa shape index (κ1) is 10.1. The summed E-state index contributed by atoms with van der Waals surface area (Å²) in [6.45, 7) is 1.63. The number of hydrogen-bond acceptors (Lipinski definition) is 1. The summed E-state index contributed by atoms with van der Waals surface area (Å²) in [5.74, 6) is -0.337. The van der Waals surface area contributed by atoms with Gasteiger partial charge in [-0.25, -0.2) is 4.39 Å². The lowest BCUT2D eigenvalue weighted by Crippen LogP contribution is -1.84. The van der Waals surface area contributed by atoms with E-state index in [2.05, 4.69) is 15.9 Å². The molecule has 1 aromatic rings. The Kier molecular flexibility index (Phi) is 3.37. The molecule has 0 fully saturated rings. The van der Waals surface area contributed by atoms with E-state index >= 15 is 0 Å². The molecule has 0 heterocycles. The van der Waals surface area contributed by atoms with Gasteiger partial charge in [-0.05, 0) is 30.7 Å². The number of hydrogen-bond donors (Lipinski definition) is 0. The van der Waals surface area contributed by atoms with Crippen LogP contribution in [0.3, 0.4) is 0 Å². The molecule has 1 aromatic carbocycles. The van der Waals surface area contributed by atoms with Gasteiger partial charge in [0, 0.05) is 10.0 Å². The standard InChI is InChI=1S/C10H8BrFO/c1-7(6-13)4-8-2-3-9(11)5-10(8)12/h2-6H,1H3. The summed E-state index contributed by atoms with van der Waals surface area (Å²) in [7, 11) is 0. The molecule has 0 aliphatic carbocycles. The van der Waals surface area contributed by atoms with Crippen LogP contribution in [0.4, 0.5) is 4.39 Å². The molecule has 0 aromatic heterocycles. The van der Waals surface area contributed by atoms with Crippen molar-refractivity contribution < 1.29 is 9.18 Å². The van der Waals surface area contributed by atoms with Crippen LogP contribution in [0.15, 0.2) is 28.2 Å². The third kappa shape index (κ3) is 2.77. The van der Waals surface area contributed by atoms with Crippen LogP contribution in [0.25, 0.3) is 6.08 Å². The third-order valence-corrected chi connectivity index (χ3v) is 2.02. The van der Waals surface area contributed by atoms with Gasteiger partial charge in [-0.2, -0.15) is 0 Å². The first-order chi connectivity index (χ1) is 6.13. The number of carbonyl (C=O) groups is 1. The summed E-state index contributed by atoms with van der Waals surface area (Å²) in [6, 6.07) is 4.71. The molecule has 0 atom stereocenters. The van der Waals surface area contributed by atoms with Crippen molar-refractivity contribution in [2.24, 2.45) is 0 Å². The average Bonchev–Trinajstić information content (AvgIpc) is 2.09. The van der Waals surface area contributed by atoms with Crippen molar-refractivity contribution in [2.75, 3.05) is 0 Å². The molecular weight excluding hydrogens is 235 g/mol. The summed E-state index contributed by atoms with van der Waals surface area (Å²) in [5, 5.41) is 0. The molecule has 13 heavy (non-hydrogen) atoms. The van der Waals surface area contributed by atoms with Crippen LogP contribution in [-0.4, -0.2) is 6.29 Å². The fourth-order valence-electron chi connectivity index (χ4n) is 0.898. The molecule has 0 spiro atoms. The van der Waals surface area contributed by atoms with Crippen LogP contribution in [0.5, 0.6) is 0 Å². The summed E-state index contributed by atoms with van der Waals surface area (Å²) in [6.07, 6.45) is 2.20. The molecule has 0 N–H and O–H groups in total. The maximum absolute atomic E-state index is 13.2. The Bertz CT molecular complexity index is 358. The Hall–Kier alpha value is -0.960. The fourth-order valence-corrected chi connectivity index (χ4v) is 1.23. The maximum atomic E-state index is 13.2. The molecule has 1 nitrogen and oxygen atoms in total. The average molecular weight is 243 g/mol. The van der Waals surface area contributed by atoms with Crippen molar-refractivity contribution in [1.82, 2.24) is 0 Å². The zero-order chi connectivity index (χ0) is 9.84. The molecule has 0 aliphatic heterocycles. The van der Waals surface area contributed by atoms with Crippen LogP contribution >= 0.6 is 15.9 Å². The Morgan fingerprint density at radius 2 is 2.23 bits per heavy atom. The van der Waals surface area contributed by atoms with Crippen molar-refractivity contribution >= 4 is 28.3 Å². The van der Waals surface area contributed by atoms with E-state index in [0.717, 1.165) is 0 Å². The minimum Gasteiger partial charge on any atom is -0.298 e. The van der Waals surface area contributed by atoms with Gasteiger partial charge in [-0.3, -0.25) is 4.79 Å². The zero-order valence-corrected chi connectivity index (χ0v) is 8.64. The van der Waals surface area contributed by atoms with E-state index in [0.29, 0.717) is 21.9 Å². The van der Waals surface area contributed by atoms with Gasteiger partial charge in [0.1, 0.15) is 12.1 Å². The number of rotatable bonds is 2. The SMILES string of the molecule is CC(C=O)=Cc1ccc(Br)cc1F. The van der Waals surface area contributed by atoms with E-state index in [4.69, 9.17) is 0 Å². The number of carbonyl (C=O) groups excluding carboxylic acids is 1. The summed E-state index contributed by atoms with van der Waals surface area (Å²) < 4.78 is 13.8. The second-order valence-electron chi connectivity index (χ2n) is 2.67. The van der Waals surface area contributed by atoms with Gasteiger partial charge in [0.25, 0.3) is 0 Å². The minimum absolute atomic E-state index is 0.337. The van der Waals surface area contributed by atoms with E-state index in [1.54, 1.807) is 19.1 Å². The molecular formula is C10H8BrFO. The van der Waals surface area contributed by atoms with Gasteiger partial charge in [-0.1, -0.05) is 22.0 Å². The maximum Gasteiger partial charge on any atom is 0.145 e. The highest BCUT2D eigenvalue weighted by atomic mass is 79.9. The first-order valence-corrected chi connectivity index (χ1v) is 4.51. The lowest BCUT2D eigenvalue weighted by molar-refractivity contribution is -0.104. The highest BCUT2D eigenvalue weighted by molar-refractivity contribution is 9.10. The molecule has 3 heteroatoms. The van der Waals surface area contributed by atoms with Crippen LogP contribution < -0.4 is 0 Å². The van der Waals surface area contributed by atoms with Gasteiger partial charge < -0.3 is 0 Å². The van der Waals surface area contributed by atoms with Gasteiger partial charge in [0.2, 0.25) is 0 Å². The lowest BCUT2D eigenvalue weighted by atomic mass is 10.1. The van der Waals surface area contributed by atoms with E-state index in [-0.39, 0.29) is 5.82 Å². The fraction of sp³-hybridized carbons (Fsp3) is 0.100. The van der Waals surface area contributed by atoms with Crippen LogP contribution in [-0.2, 0) is 4.79 Å². The zero-order valence-electron chi connectivity index (χ0n) is 7.05. The summed E-state index contributed by atoms with van der Waals surface area (Å²) >= 11 is 3.15. The Balaban J connectivity index is 3.09. The van der Waals surface area contributed by atoms with Gasteiger partial charge in [0.15, 0.2) is 0 Å². The number of aldehydes is 1. The highest BCUT2D eigenvalue weighted by Gasteiger charge is 1.99. The van der Waals surface area contributed by atoms with Crippen molar-refractivity contribution in [3.05, 3.63) is 39.6 Å². The number of halogens is 2. The summed E-state index contributed by atoms with van der Waals surface area (Å²) in [5.41, 5.74) is 0.925. The van der Waals surface area contributed by atoms with Gasteiger partial charge >= 0.3 is 0 Å².